The Morgan fingerprint density at radius 3 is 2.56 bits per heavy atom. The molecule has 0 aromatic carbocycles. The fourth-order valence-corrected chi connectivity index (χ4v) is 1.66. The SMILES string of the molecule is CC(CN)C(=O)N1CC(C)(OCC(=O)O)C1. The van der Waals surface area contributed by atoms with E-state index in [9.17, 15) is 9.59 Å². The van der Waals surface area contributed by atoms with Crippen LogP contribution in [-0.4, -0.2) is 53.7 Å². The Hall–Kier alpha value is -1.14. The number of aliphatic carboxylic acids is 1. The number of rotatable bonds is 5. The number of carbonyl (C=O) groups is 2. The molecule has 0 bridgehead atoms. The van der Waals surface area contributed by atoms with Gasteiger partial charge in [0.1, 0.15) is 12.2 Å². The molecule has 0 aromatic heterocycles. The normalized spacial score (nSPS) is 20.1. The van der Waals surface area contributed by atoms with Gasteiger partial charge in [-0.2, -0.15) is 0 Å². The van der Waals surface area contributed by atoms with Crippen molar-refractivity contribution in [1.29, 1.82) is 0 Å². The van der Waals surface area contributed by atoms with E-state index in [1.54, 1.807) is 18.7 Å². The third-order valence-corrected chi connectivity index (χ3v) is 2.68. The smallest absolute Gasteiger partial charge is 0.329 e. The summed E-state index contributed by atoms with van der Waals surface area (Å²) in [6, 6.07) is 0. The Kier molecular flexibility index (Phi) is 3.88. The number of carboxylic acids is 1. The van der Waals surface area contributed by atoms with Crippen LogP contribution >= 0.6 is 0 Å². The Morgan fingerprint density at radius 1 is 1.56 bits per heavy atom. The van der Waals surface area contributed by atoms with Gasteiger partial charge in [-0.3, -0.25) is 4.79 Å². The van der Waals surface area contributed by atoms with Crippen molar-refractivity contribution in [3.63, 3.8) is 0 Å². The largest absolute Gasteiger partial charge is 0.480 e. The number of amides is 1. The Balaban J connectivity index is 2.35. The quantitative estimate of drug-likeness (QED) is 0.650. The van der Waals surface area contributed by atoms with E-state index in [1.807, 2.05) is 0 Å². The maximum Gasteiger partial charge on any atom is 0.329 e. The van der Waals surface area contributed by atoms with Crippen LogP contribution in [0.25, 0.3) is 0 Å². The predicted molar refractivity (Wildman–Crippen MR) is 56.8 cm³/mol. The fourth-order valence-electron chi connectivity index (χ4n) is 1.66. The monoisotopic (exact) mass is 230 g/mol. The number of carbonyl (C=O) groups excluding carboxylic acids is 1. The molecule has 1 aliphatic rings. The van der Waals surface area contributed by atoms with Crippen LogP contribution in [-0.2, 0) is 14.3 Å². The van der Waals surface area contributed by atoms with Gasteiger partial charge in [0.25, 0.3) is 0 Å². The average Bonchev–Trinajstić information content (AvgIpc) is 2.20. The van der Waals surface area contributed by atoms with E-state index in [-0.39, 0.29) is 18.4 Å². The Labute approximate surface area is 94.3 Å². The first kappa shape index (κ1) is 12.9. The second kappa shape index (κ2) is 4.80. The summed E-state index contributed by atoms with van der Waals surface area (Å²) in [4.78, 5) is 23.6. The summed E-state index contributed by atoms with van der Waals surface area (Å²) < 4.78 is 5.20. The lowest BCUT2D eigenvalue weighted by Gasteiger charge is -2.48. The Bertz CT molecular complexity index is 287. The van der Waals surface area contributed by atoms with Crippen LogP contribution in [0.3, 0.4) is 0 Å². The molecule has 92 valence electrons. The molecule has 6 nitrogen and oxygen atoms in total. The molecule has 1 aliphatic heterocycles. The molecular weight excluding hydrogens is 212 g/mol. The minimum atomic E-state index is -0.999. The van der Waals surface area contributed by atoms with Crippen molar-refractivity contribution in [3.8, 4) is 0 Å². The van der Waals surface area contributed by atoms with Crippen molar-refractivity contribution in [3.05, 3.63) is 0 Å². The van der Waals surface area contributed by atoms with Gasteiger partial charge in [0.15, 0.2) is 0 Å². The lowest BCUT2D eigenvalue weighted by atomic mass is 9.94. The zero-order valence-corrected chi connectivity index (χ0v) is 9.60. The topological polar surface area (TPSA) is 92.9 Å². The highest BCUT2D eigenvalue weighted by Crippen LogP contribution is 2.25. The number of carboxylic acid groups (broad SMARTS) is 1. The standard InChI is InChI=1S/C10H18N2O4/c1-7(3-11)9(15)12-5-10(2,6-12)16-4-8(13)14/h7H,3-6,11H2,1-2H3,(H,13,14). The first-order chi connectivity index (χ1) is 7.38. The lowest BCUT2D eigenvalue weighted by Crippen LogP contribution is -2.64. The maximum atomic E-state index is 11.7. The van der Waals surface area contributed by atoms with Crippen molar-refractivity contribution in [2.45, 2.75) is 19.4 Å². The molecule has 1 unspecified atom stereocenters. The molecule has 1 fully saturated rings. The van der Waals surface area contributed by atoms with E-state index in [0.29, 0.717) is 19.6 Å². The zero-order chi connectivity index (χ0) is 12.3. The summed E-state index contributed by atoms with van der Waals surface area (Å²) in [5.74, 6) is -1.19. The summed E-state index contributed by atoms with van der Waals surface area (Å²) in [5.41, 5.74) is 4.87. The highest BCUT2D eigenvalue weighted by molar-refractivity contribution is 5.79. The van der Waals surface area contributed by atoms with Gasteiger partial charge in [-0.1, -0.05) is 6.92 Å². The van der Waals surface area contributed by atoms with Crippen LogP contribution < -0.4 is 5.73 Å². The van der Waals surface area contributed by atoms with E-state index in [0.717, 1.165) is 0 Å². The van der Waals surface area contributed by atoms with Crippen LogP contribution in [0.4, 0.5) is 0 Å². The van der Waals surface area contributed by atoms with Gasteiger partial charge in [-0.15, -0.1) is 0 Å². The number of hydrogen-bond donors (Lipinski definition) is 2. The highest BCUT2D eigenvalue weighted by atomic mass is 16.5. The van der Waals surface area contributed by atoms with Crippen LogP contribution in [0.5, 0.6) is 0 Å². The minimum absolute atomic E-state index is 0.00102. The zero-order valence-electron chi connectivity index (χ0n) is 9.60. The second-order valence-corrected chi connectivity index (χ2v) is 4.46. The summed E-state index contributed by atoms with van der Waals surface area (Å²) >= 11 is 0. The van der Waals surface area contributed by atoms with Gasteiger partial charge < -0.3 is 20.5 Å². The fraction of sp³-hybridized carbons (Fsp3) is 0.800. The molecule has 0 saturated carbocycles. The molecule has 0 spiro atoms. The van der Waals surface area contributed by atoms with Crippen LogP contribution in [0.2, 0.25) is 0 Å². The Morgan fingerprint density at radius 2 is 2.12 bits per heavy atom. The van der Waals surface area contributed by atoms with Crippen molar-refractivity contribution in [2.24, 2.45) is 11.7 Å². The number of nitrogens with zero attached hydrogens (tertiary/aromatic N) is 1. The first-order valence-corrected chi connectivity index (χ1v) is 5.22. The number of likely N-dealkylation sites (tertiary alicyclic amines) is 1. The van der Waals surface area contributed by atoms with Gasteiger partial charge in [0.2, 0.25) is 5.91 Å². The summed E-state index contributed by atoms with van der Waals surface area (Å²) in [6.07, 6.45) is 0. The van der Waals surface area contributed by atoms with Gasteiger partial charge in [-0.05, 0) is 6.92 Å². The van der Waals surface area contributed by atoms with Crippen LogP contribution in [0.1, 0.15) is 13.8 Å². The van der Waals surface area contributed by atoms with Crippen molar-refractivity contribution < 1.29 is 19.4 Å². The summed E-state index contributed by atoms with van der Waals surface area (Å²) in [6.45, 7) is 4.43. The van der Waals surface area contributed by atoms with E-state index in [2.05, 4.69) is 0 Å². The van der Waals surface area contributed by atoms with Gasteiger partial charge in [0.05, 0.1) is 13.1 Å². The van der Waals surface area contributed by atoms with E-state index in [4.69, 9.17) is 15.6 Å². The number of ether oxygens (including phenoxy) is 1. The molecule has 1 atom stereocenters. The molecule has 1 amide bonds. The van der Waals surface area contributed by atoms with E-state index in [1.165, 1.54) is 0 Å². The molecule has 6 heteroatoms. The lowest BCUT2D eigenvalue weighted by molar-refractivity contribution is -0.175. The highest BCUT2D eigenvalue weighted by Gasteiger charge is 2.43. The molecule has 1 saturated heterocycles. The van der Waals surface area contributed by atoms with Gasteiger partial charge in [-0.25, -0.2) is 4.79 Å². The predicted octanol–water partition coefficient (Wildman–Crippen LogP) is -0.717. The summed E-state index contributed by atoms with van der Waals surface area (Å²) in [7, 11) is 0. The van der Waals surface area contributed by atoms with Crippen molar-refractivity contribution >= 4 is 11.9 Å². The maximum absolute atomic E-state index is 11.7. The van der Waals surface area contributed by atoms with Crippen LogP contribution in [0.15, 0.2) is 0 Å². The van der Waals surface area contributed by atoms with E-state index < -0.39 is 11.6 Å². The molecule has 0 aromatic rings. The van der Waals surface area contributed by atoms with Gasteiger partial charge >= 0.3 is 5.97 Å². The second-order valence-electron chi connectivity index (χ2n) is 4.46. The van der Waals surface area contributed by atoms with Crippen LogP contribution in [0, 0.1) is 5.92 Å². The molecule has 0 aliphatic carbocycles. The minimum Gasteiger partial charge on any atom is -0.480 e. The number of nitrogens with two attached hydrogens (primary N) is 1. The molecule has 1 heterocycles. The third kappa shape index (κ3) is 2.93. The molecule has 3 N–H and O–H groups in total. The third-order valence-electron chi connectivity index (χ3n) is 2.68. The first-order valence-electron chi connectivity index (χ1n) is 5.22. The number of hydrogen-bond acceptors (Lipinski definition) is 4. The van der Waals surface area contributed by atoms with E-state index >= 15 is 0 Å². The molecule has 1 rings (SSSR count). The molecule has 16 heavy (non-hydrogen) atoms. The summed E-state index contributed by atoms with van der Waals surface area (Å²) in [5, 5.41) is 8.48. The van der Waals surface area contributed by atoms with Gasteiger partial charge in [0, 0.05) is 12.5 Å². The van der Waals surface area contributed by atoms with Crippen molar-refractivity contribution in [2.75, 3.05) is 26.2 Å². The molecule has 0 radical (unpaired) electrons. The van der Waals surface area contributed by atoms with Crippen molar-refractivity contribution in [1.82, 2.24) is 4.90 Å². The average molecular weight is 230 g/mol. The molecular formula is C10H18N2O4.